The highest BCUT2D eigenvalue weighted by atomic mass is 35.5. The third-order valence-electron chi connectivity index (χ3n) is 6.65. The Hall–Kier alpha value is -3.29. The van der Waals surface area contributed by atoms with E-state index in [0.717, 1.165) is 57.2 Å². The van der Waals surface area contributed by atoms with Crippen molar-refractivity contribution in [1.82, 2.24) is 9.38 Å². The quantitative estimate of drug-likeness (QED) is 0.313. The average molecular weight is 455 g/mol. The molecule has 1 aliphatic rings. The number of nitrogens with one attached hydrogen (secondary N) is 1. The van der Waals surface area contributed by atoms with Gasteiger partial charge in [0, 0.05) is 23.6 Å². The zero-order valence-electron chi connectivity index (χ0n) is 18.9. The number of pyridine rings is 1. The van der Waals surface area contributed by atoms with E-state index in [1.807, 2.05) is 37.3 Å². The van der Waals surface area contributed by atoms with Gasteiger partial charge in [-0.25, -0.2) is 4.98 Å². The topological polar surface area (TPSA) is 53.1 Å². The zero-order chi connectivity index (χ0) is 22.8. The molecule has 0 unspecified atom stereocenters. The molecule has 2 aromatic heterocycles. The lowest BCUT2D eigenvalue weighted by Gasteiger charge is -2.20. The molecule has 2 aromatic carbocycles. The Morgan fingerprint density at radius 3 is 2.70 bits per heavy atom. The number of hydrogen-bond acceptors (Lipinski definition) is 3. The molecule has 2 heterocycles. The molecule has 4 aromatic rings. The molecular formula is C28H27ClN4. The summed E-state index contributed by atoms with van der Waals surface area (Å²) in [5.74, 6) is 1.03. The van der Waals surface area contributed by atoms with E-state index in [0.29, 0.717) is 12.0 Å². The minimum atomic E-state index is 0.635. The van der Waals surface area contributed by atoms with Crippen molar-refractivity contribution in [1.29, 1.82) is 5.26 Å². The van der Waals surface area contributed by atoms with Gasteiger partial charge in [-0.3, -0.25) is 4.40 Å². The molecule has 0 spiro atoms. The molecule has 0 aliphatic heterocycles. The van der Waals surface area contributed by atoms with Gasteiger partial charge in [-0.2, -0.15) is 5.26 Å². The summed E-state index contributed by atoms with van der Waals surface area (Å²) in [6.07, 6.45) is 9.15. The monoisotopic (exact) mass is 454 g/mol. The average Bonchev–Trinajstić information content (AvgIpc) is 3.22. The van der Waals surface area contributed by atoms with Crippen LogP contribution in [0, 0.1) is 18.3 Å². The SMILES string of the molecule is Cc1c(Cc2ccc(Cl)cc2)c(NCCC2=CCCCC2)n2c(nc3ccccc32)c1C#N. The standard InChI is InChI=1S/C28H27ClN4/c1-19-23(17-21-11-13-22(29)14-12-21)27(31-16-15-20-7-3-2-4-8-20)33-26-10-6-5-9-25(26)32-28(33)24(19)18-30/h5-7,9-14,31H,2-4,8,15-17H2,1H3. The third-order valence-corrected chi connectivity index (χ3v) is 6.90. The lowest BCUT2D eigenvalue weighted by molar-refractivity contribution is 0.679. The first-order valence-electron chi connectivity index (χ1n) is 11.6. The van der Waals surface area contributed by atoms with Gasteiger partial charge >= 0.3 is 0 Å². The minimum Gasteiger partial charge on any atom is -0.371 e. The lowest BCUT2D eigenvalue weighted by atomic mass is 9.96. The van der Waals surface area contributed by atoms with Gasteiger partial charge in [-0.1, -0.05) is 47.5 Å². The summed E-state index contributed by atoms with van der Waals surface area (Å²) in [5.41, 5.74) is 8.08. The van der Waals surface area contributed by atoms with Crippen LogP contribution in [-0.2, 0) is 6.42 Å². The summed E-state index contributed by atoms with van der Waals surface area (Å²) in [6, 6.07) is 18.5. The summed E-state index contributed by atoms with van der Waals surface area (Å²) in [5, 5.41) is 14.5. The highest BCUT2D eigenvalue weighted by molar-refractivity contribution is 6.30. The number of nitrogens with zero attached hydrogens (tertiary/aromatic N) is 3. The summed E-state index contributed by atoms with van der Waals surface area (Å²) >= 11 is 6.12. The Kier molecular flexibility index (Phi) is 6.07. The first kappa shape index (κ1) is 21.6. The maximum absolute atomic E-state index is 10.1. The Morgan fingerprint density at radius 2 is 1.94 bits per heavy atom. The van der Waals surface area contributed by atoms with Gasteiger partial charge in [-0.15, -0.1) is 0 Å². The number of hydrogen-bond donors (Lipinski definition) is 1. The fourth-order valence-corrected chi connectivity index (χ4v) is 4.99. The second-order valence-corrected chi connectivity index (χ2v) is 9.22. The van der Waals surface area contributed by atoms with Crippen molar-refractivity contribution < 1.29 is 0 Å². The molecule has 0 amide bonds. The maximum Gasteiger partial charge on any atom is 0.157 e. The molecule has 33 heavy (non-hydrogen) atoms. The molecule has 5 heteroatoms. The molecular weight excluding hydrogens is 428 g/mol. The molecule has 0 saturated carbocycles. The summed E-state index contributed by atoms with van der Waals surface area (Å²) in [7, 11) is 0. The van der Waals surface area contributed by atoms with Crippen molar-refractivity contribution >= 4 is 34.1 Å². The van der Waals surface area contributed by atoms with Crippen molar-refractivity contribution in [2.24, 2.45) is 0 Å². The largest absolute Gasteiger partial charge is 0.371 e. The van der Waals surface area contributed by atoms with Crippen LogP contribution in [-0.4, -0.2) is 15.9 Å². The first-order chi connectivity index (χ1) is 16.2. The number of allylic oxidation sites excluding steroid dienone is 1. The predicted molar refractivity (Wildman–Crippen MR) is 136 cm³/mol. The van der Waals surface area contributed by atoms with E-state index in [1.165, 1.54) is 25.7 Å². The molecule has 5 rings (SSSR count). The van der Waals surface area contributed by atoms with Crippen molar-refractivity contribution in [3.05, 3.63) is 87.5 Å². The Morgan fingerprint density at radius 1 is 1.12 bits per heavy atom. The number of nitriles is 1. The van der Waals surface area contributed by atoms with Crippen molar-refractivity contribution in [2.75, 3.05) is 11.9 Å². The van der Waals surface area contributed by atoms with E-state index in [1.54, 1.807) is 5.57 Å². The van der Waals surface area contributed by atoms with E-state index in [2.05, 4.69) is 40.1 Å². The van der Waals surface area contributed by atoms with Crippen LogP contribution in [0.3, 0.4) is 0 Å². The van der Waals surface area contributed by atoms with Crippen LogP contribution in [0.1, 0.15) is 54.4 Å². The number of imidazole rings is 1. The number of anilines is 1. The molecule has 1 aliphatic carbocycles. The van der Waals surface area contributed by atoms with E-state index in [9.17, 15) is 5.26 Å². The van der Waals surface area contributed by atoms with Gasteiger partial charge in [0.2, 0.25) is 0 Å². The van der Waals surface area contributed by atoms with Gasteiger partial charge in [0.15, 0.2) is 5.65 Å². The lowest BCUT2D eigenvalue weighted by Crippen LogP contribution is -2.13. The minimum absolute atomic E-state index is 0.635. The highest BCUT2D eigenvalue weighted by Gasteiger charge is 2.21. The van der Waals surface area contributed by atoms with Crippen LogP contribution >= 0.6 is 11.6 Å². The Bertz CT molecular complexity index is 1390. The van der Waals surface area contributed by atoms with Gasteiger partial charge in [0.05, 0.1) is 16.6 Å². The van der Waals surface area contributed by atoms with Crippen LogP contribution in [0.4, 0.5) is 5.82 Å². The van der Waals surface area contributed by atoms with E-state index in [4.69, 9.17) is 16.6 Å². The van der Waals surface area contributed by atoms with Gasteiger partial charge < -0.3 is 5.32 Å². The van der Waals surface area contributed by atoms with Crippen molar-refractivity contribution in [3.8, 4) is 6.07 Å². The van der Waals surface area contributed by atoms with Crippen molar-refractivity contribution in [2.45, 2.75) is 45.4 Å². The molecule has 0 bridgehead atoms. The molecule has 0 fully saturated rings. The molecule has 0 atom stereocenters. The Labute approximate surface area is 199 Å². The molecule has 0 radical (unpaired) electrons. The summed E-state index contributed by atoms with van der Waals surface area (Å²) in [6.45, 7) is 2.89. The zero-order valence-corrected chi connectivity index (χ0v) is 19.6. The second-order valence-electron chi connectivity index (χ2n) is 8.79. The highest BCUT2D eigenvalue weighted by Crippen LogP contribution is 2.33. The number of rotatable bonds is 6. The third kappa shape index (κ3) is 4.21. The number of aromatic nitrogens is 2. The number of halogens is 1. The molecule has 166 valence electrons. The van der Waals surface area contributed by atoms with E-state index >= 15 is 0 Å². The smallest absolute Gasteiger partial charge is 0.157 e. The predicted octanol–water partition coefficient (Wildman–Crippen LogP) is 7.21. The molecule has 1 N–H and O–H groups in total. The fraction of sp³-hybridized carbons (Fsp3) is 0.286. The molecule has 0 saturated heterocycles. The molecule has 4 nitrogen and oxygen atoms in total. The van der Waals surface area contributed by atoms with Crippen LogP contribution in [0.2, 0.25) is 5.02 Å². The van der Waals surface area contributed by atoms with E-state index < -0.39 is 0 Å². The number of fused-ring (bicyclic) bond motifs is 3. The van der Waals surface area contributed by atoms with Crippen LogP contribution in [0.25, 0.3) is 16.7 Å². The van der Waals surface area contributed by atoms with Crippen LogP contribution in [0.5, 0.6) is 0 Å². The normalized spacial score (nSPS) is 13.8. The fourth-order valence-electron chi connectivity index (χ4n) is 4.87. The summed E-state index contributed by atoms with van der Waals surface area (Å²) in [4.78, 5) is 4.84. The van der Waals surface area contributed by atoms with Crippen LogP contribution in [0.15, 0.2) is 60.2 Å². The van der Waals surface area contributed by atoms with Gasteiger partial charge in [-0.05, 0) is 74.4 Å². The van der Waals surface area contributed by atoms with E-state index in [-0.39, 0.29) is 0 Å². The van der Waals surface area contributed by atoms with Crippen molar-refractivity contribution in [3.63, 3.8) is 0 Å². The maximum atomic E-state index is 10.1. The van der Waals surface area contributed by atoms with Crippen LogP contribution < -0.4 is 5.32 Å². The Balaban J connectivity index is 1.65. The van der Waals surface area contributed by atoms with Gasteiger partial charge in [0.25, 0.3) is 0 Å². The summed E-state index contributed by atoms with van der Waals surface area (Å²) < 4.78 is 2.14. The van der Waals surface area contributed by atoms with Gasteiger partial charge in [0.1, 0.15) is 11.9 Å². The second kappa shape index (κ2) is 9.29. The first-order valence-corrected chi connectivity index (χ1v) is 12.0. The number of para-hydroxylation sites is 2. The number of benzene rings is 2.